The Morgan fingerprint density at radius 3 is 2.67 bits per heavy atom. The van der Waals surface area contributed by atoms with E-state index in [9.17, 15) is 9.59 Å². The summed E-state index contributed by atoms with van der Waals surface area (Å²) >= 11 is 6.17. The second kappa shape index (κ2) is 10.4. The van der Waals surface area contributed by atoms with E-state index < -0.39 is 5.60 Å². The van der Waals surface area contributed by atoms with Crippen molar-refractivity contribution in [2.75, 3.05) is 39.4 Å². The van der Waals surface area contributed by atoms with Gasteiger partial charge in [0, 0.05) is 30.2 Å². The number of benzene rings is 2. The molecule has 0 aliphatic carbocycles. The van der Waals surface area contributed by atoms with Crippen LogP contribution in [-0.2, 0) is 9.53 Å². The topological polar surface area (TPSA) is 101 Å². The summed E-state index contributed by atoms with van der Waals surface area (Å²) in [4.78, 5) is 30.4. The van der Waals surface area contributed by atoms with Crippen molar-refractivity contribution in [3.8, 4) is 5.75 Å². The molecule has 2 fully saturated rings. The van der Waals surface area contributed by atoms with Crippen molar-refractivity contribution in [2.24, 2.45) is 0 Å². The first-order chi connectivity index (χ1) is 17.4. The fourth-order valence-corrected chi connectivity index (χ4v) is 4.99. The molecule has 1 atom stereocenters. The summed E-state index contributed by atoms with van der Waals surface area (Å²) < 4.78 is 12.4. The third kappa shape index (κ3) is 5.32. The number of H-pyrrole nitrogens is 1. The Labute approximate surface area is 214 Å². The van der Waals surface area contributed by atoms with E-state index in [1.54, 1.807) is 35.2 Å². The van der Waals surface area contributed by atoms with Gasteiger partial charge in [-0.3, -0.25) is 9.59 Å². The van der Waals surface area contributed by atoms with Crippen LogP contribution in [0, 0.1) is 6.92 Å². The molecule has 0 saturated carbocycles. The lowest BCUT2D eigenvalue weighted by molar-refractivity contribution is -0.153. The molecule has 2 saturated heterocycles. The first kappa shape index (κ1) is 24.5. The van der Waals surface area contributed by atoms with Crippen LogP contribution in [0.5, 0.6) is 5.75 Å². The smallest absolute Gasteiger partial charge is 0.254 e. The van der Waals surface area contributed by atoms with Crippen molar-refractivity contribution < 1.29 is 19.1 Å². The number of rotatable bonds is 6. The van der Waals surface area contributed by atoms with Gasteiger partial charge in [0.1, 0.15) is 29.0 Å². The number of aromatic nitrogens is 3. The second-order valence-electron chi connectivity index (χ2n) is 9.60. The van der Waals surface area contributed by atoms with Gasteiger partial charge in [0.15, 0.2) is 0 Å². The minimum atomic E-state index is -0.964. The van der Waals surface area contributed by atoms with Crippen molar-refractivity contribution in [1.29, 1.82) is 0 Å². The third-order valence-electron chi connectivity index (χ3n) is 6.91. The van der Waals surface area contributed by atoms with Crippen LogP contribution in [0.15, 0.2) is 36.4 Å². The van der Waals surface area contributed by atoms with Crippen LogP contribution in [0.25, 0.3) is 11.0 Å². The number of ether oxygens (including phenoxy) is 2. The molecule has 9 nitrogen and oxygen atoms in total. The number of piperidine rings is 1. The maximum absolute atomic E-state index is 13.5. The molecule has 36 heavy (non-hydrogen) atoms. The normalized spacial score (nSPS) is 20.5. The lowest BCUT2D eigenvalue weighted by atomic mass is 9.95. The van der Waals surface area contributed by atoms with E-state index in [-0.39, 0.29) is 31.4 Å². The highest BCUT2D eigenvalue weighted by molar-refractivity contribution is 6.31. The summed E-state index contributed by atoms with van der Waals surface area (Å²) in [7, 11) is 0. The zero-order valence-corrected chi connectivity index (χ0v) is 21.1. The highest BCUT2D eigenvalue weighted by Crippen LogP contribution is 2.28. The Balaban J connectivity index is 1.37. The van der Waals surface area contributed by atoms with Crippen molar-refractivity contribution >= 4 is 34.4 Å². The van der Waals surface area contributed by atoms with E-state index in [4.69, 9.17) is 21.1 Å². The van der Waals surface area contributed by atoms with Gasteiger partial charge in [-0.05, 0) is 68.1 Å². The Bertz CT molecular complexity index is 1260. The molecule has 1 aromatic heterocycles. The number of morpholine rings is 1. The lowest BCUT2D eigenvalue weighted by Crippen LogP contribution is -2.58. The van der Waals surface area contributed by atoms with Crippen LogP contribution in [0.3, 0.4) is 0 Å². The van der Waals surface area contributed by atoms with E-state index in [1.807, 2.05) is 17.9 Å². The first-order valence-corrected chi connectivity index (χ1v) is 12.7. The predicted octanol–water partition coefficient (Wildman–Crippen LogP) is 3.61. The predicted molar refractivity (Wildman–Crippen MR) is 135 cm³/mol. The van der Waals surface area contributed by atoms with Gasteiger partial charge in [-0.2, -0.15) is 15.4 Å². The van der Waals surface area contributed by atoms with Crippen LogP contribution in [0.1, 0.15) is 41.6 Å². The number of hydrogen-bond donors (Lipinski definition) is 1. The number of amides is 2. The number of halogens is 1. The Hall–Kier alpha value is -3.17. The Morgan fingerprint density at radius 2 is 1.86 bits per heavy atom. The van der Waals surface area contributed by atoms with Crippen LogP contribution >= 0.6 is 11.6 Å². The lowest BCUT2D eigenvalue weighted by Gasteiger charge is -2.43. The molecule has 2 amide bonds. The highest BCUT2D eigenvalue weighted by Gasteiger charge is 2.42. The van der Waals surface area contributed by atoms with Crippen LogP contribution in [0.4, 0.5) is 0 Å². The maximum Gasteiger partial charge on any atom is 0.254 e. The number of nitrogens with one attached hydrogen (secondary N) is 1. The molecular weight excluding hydrogens is 482 g/mol. The average molecular weight is 512 g/mol. The number of aryl methyl sites for hydroxylation is 1. The van der Waals surface area contributed by atoms with Gasteiger partial charge in [0.25, 0.3) is 5.91 Å². The van der Waals surface area contributed by atoms with Gasteiger partial charge in [-0.1, -0.05) is 11.6 Å². The number of hydrogen-bond acceptors (Lipinski definition) is 6. The molecule has 0 bridgehead atoms. The number of nitrogens with zero attached hydrogens (tertiary/aromatic N) is 4. The third-order valence-corrected chi connectivity index (χ3v) is 7.34. The van der Waals surface area contributed by atoms with Gasteiger partial charge in [0.2, 0.25) is 5.91 Å². The van der Waals surface area contributed by atoms with E-state index in [0.717, 1.165) is 37.9 Å². The summed E-state index contributed by atoms with van der Waals surface area (Å²) in [5.74, 6) is 0.537. The molecule has 2 aliphatic heterocycles. The van der Waals surface area contributed by atoms with Crippen LogP contribution in [-0.4, -0.2) is 82.0 Å². The number of fused-ring (bicyclic) bond motifs is 1. The molecule has 10 heteroatoms. The van der Waals surface area contributed by atoms with Gasteiger partial charge >= 0.3 is 0 Å². The molecule has 3 aromatic rings. The van der Waals surface area contributed by atoms with Crippen LogP contribution < -0.4 is 4.74 Å². The minimum absolute atomic E-state index is 0.0314. The highest BCUT2D eigenvalue weighted by atomic mass is 35.5. The van der Waals surface area contributed by atoms with Gasteiger partial charge in [-0.25, -0.2) is 0 Å². The molecular formula is C26H30ClN5O4. The van der Waals surface area contributed by atoms with Crippen molar-refractivity contribution in [2.45, 2.75) is 38.2 Å². The number of carbonyl (C=O) groups is 2. The van der Waals surface area contributed by atoms with Gasteiger partial charge < -0.3 is 19.3 Å². The monoisotopic (exact) mass is 511 g/mol. The summed E-state index contributed by atoms with van der Waals surface area (Å²) in [6, 6.07) is 10.7. The fraction of sp³-hybridized carbons (Fsp3) is 0.462. The Kier molecular flexibility index (Phi) is 7.11. The van der Waals surface area contributed by atoms with Crippen molar-refractivity contribution in [1.82, 2.24) is 25.2 Å². The summed E-state index contributed by atoms with van der Waals surface area (Å²) in [6.07, 6.45) is 3.30. The zero-order valence-electron chi connectivity index (χ0n) is 20.3. The van der Waals surface area contributed by atoms with E-state index in [1.165, 1.54) is 0 Å². The summed E-state index contributed by atoms with van der Waals surface area (Å²) in [5.41, 5.74) is 1.78. The average Bonchev–Trinajstić information content (AvgIpc) is 3.38. The molecule has 3 heterocycles. The van der Waals surface area contributed by atoms with E-state index in [2.05, 4.69) is 15.4 Å². The number of carbonyl (C=O) groups excluding carboxylic acids is 2. The first-order valence-electron chi connectivity index (χ1n) is 12.3. The molecule has 0 unspecified atom stereocenters. The molecule has 0 spiro atoms. The van der Waals surface area contributed by atoms with Crippen molar-refractivity contribution in [3.63, 3.8) is 0 Å². The SMILES string of the molecule is Cc1cc(OC[C@]2(CC(=O)N3CCCCC3)CN(C(=O)c3ccc4n[nH]nc4c3)CCO2)ccc1Cl. The maximum atomic E-state index is 13.5. The van der Waals surface area contributed by atoms with E-state index in [0.29, 0.717) is 40.5 Å². The molecule has 0 radical (unpaired) electrons. The summed E-state index contributed by atoms with van der Waals surface area (Å²) in [5, 5.41) is 11.4. The largest absolute Gasteiger partial charge is 0.490 e. The fourth-order valence-electron chi connectivity index (χ4n) is 4.87. The number of likely N-dealkylation sites (tertiary alicyclic amines) is 1. The molecule has 5 rings (SSSR count). The van der Waals surface area contributed by atoms with Crippen LogP contribution in [0.2, 0.25) is 5.02 Å². The standard InChI is InChI=1S/C26H30ClN5O4/c1-18-13-20(6-7-21(18)27)35-17-26(15-24(33)31-9-3-2-4-10-31)16-32(11-12-36-26)25(34)19-5-8-22-23(14-19)29-30-28-22/h5-8,13-14H,2-4,9-12,15-17H2,1H3,(H,28,29,30)/t26-/m0/s1. The number of aromatic amines is 1. The van der Waals surface area contributed by atoms with Gasteiger partial charge in [0.05, 0.1) is 19.6 Å². The molecule has 190 valence electrons. The minimum Gasteiger partial charge on any atom is -0.490 e. The van der Waals surface area contributed by atoms with Gasteiger partial charge in [-0.15, -0.1) is 0 Å². The summed E-state index contributed by atoms with van der Waals surface area (Å²) in [6.45, 7) is 4.55. The Morgan fingerprint density at radius 1 is 1.06 bits per heavy atom. The van der Waals surface area contributed by atoms with Crippen molar-refractivity contribution in [3.05, 3.63) is 52.5 Å². The molecule has 2 aromatic carbocycles. The zero-order chi connectivity index (χ0) is 25.1. The van der Waals surface area contributed by atoms with E-state index >= 15 is 0 Å². The molecule has 1 N–H and O–H groups in total. The second-order valence-corrected chi connectivity index (χ2v) is 10.0. The molecule has 2 aliphatic rings. The quantitative estimate of drug-likeness (QED) is 0.542.